The number of rotatable bonds is 5. The Hall–Kier alpha value is -1.75. The van der Waals surface area contributed by atoms with Gasteiger partial charge in [0.15, 0.2) is 6.04 Å². The van der Waals surface area contributed by atoms with E-state index in [1.807, 2.05) is 25.1 Å². The van der Waals surface area contributed by atoms with Crippen molar-refractivity contribution in [2.24, 2.45) is 0 Å². The fourth-order valence-electron chi connectivity index (χ4n) is 2.79. The van der Waals surface area contributed by atoms with Gasteiger partial charge in [0.1, 0.15) is 5.75 Å². The fourth-order valence-corrected chi connectivity index (χ4v) is 2.79. The molecule has 1 aliphatic heterocycles. The van der Waals surface area contributed by atoms with Crippen LogP contribution in [0.3, 0.4) is 0 Å². The molecular weight excluding hydrogens is 266 g/mol. The van der Waals surface area contributed by atoms with Crippen molar-refractivity contribution in [2.75, 3.05) is 37.6 Å². The molecule has 0 saturated carbocycles. The molecular formula is C16H26N3O2+. The van der Waals surface area contributed by atoms with Gasteiger partial charge in [-0.15, -0.1) is 0 Å². The van der Waals surface area contributed by atoms with E-state index < -0.39 is 0 Å². The van der Waals surface area contributed by atoms with E-state index >= 15 is 0 Å². The van der Waals surface area contributed by atoms with Gasteiger partial charge in [0.2, 0.25) is 0 Å². The van der Waals surface area contributed by atoms with Crippen molar-refractivity contribution in [3.05, 3.63) is 24.3 Å². The minimum absolute atomic E-state index is 0.0110. The van der Waals surface area contributed by atoms with Crippen molar-refractivity contribution in [3.8, 4) is 5.75 Å². The van der Waals surface area contributed by atoms with Crippen LogP contribution in [0.25, 0.3) is 0 Å². The van der Waals surface area contributed by atoms with Gasteiger partial charge in [-0.3, -0.25) is 4.79 Å². The van der Waals surface area contributed by atoms with E-state index in [0.717, 1.165) is 44.8 Å². The van der Waals surface area contributed by atoms with Gasteiger partial charge in [-0.05, 0) is 25.5 Å². The van der Waals surface area contributed by atoms with Crippen LogP contribution in [0, 0.1) is 0 Å². The molecule has 1 heterocycles. The number of para-hydroxylation sites is 2. The zero-order chi connectivity index (χ0) is 15.2. The maximum atomic E-state index is 12.0. The number of nitrogens with zero attached hydrogens (tertiary/aromatic N) is 1. The van der Waals surface area contributed by atoms with Gasteiger partial charge in [0, 0.05) is 6.54 Å². The van der Waals surface area contributed by atoms with Gasteiger partial charge in [0.25, 0.3) is 5.91 Å². The first-order valence-corrected chi connectivity index (χ1v) is 7.78. The Morgan fingerprint density at radius 2 is 2.05 bits per heavy atom. The Balaban J connectivity index is 1.88. The lowest BCUT2D eigenvalue weighted by Crippen LogP contribution is -3.19. The van der Waals surface area contributed by atoms with E-state index in [1.54, 1.807) is 6.07 Å². The normalized spacial score (nSPS) is 17.5. The Kier molecular flexibility index (Phi) is 5.44. The van der Waals surface area contributed by atoms with E-state index in [-0.39, 0.29) is 11.9 Å². The van der Waals surface area contributed by atoms with Crippen LogP contribution in [0.5, 0.6) is 5.75 Å². The number of phenols is 1. The topological polar surface area (TPSA) is 57.0 Å². The SMILES string of the molecule is CCCNC(=O)[C@H](C)[NH+]1CCN(c2ccccc2O)CC1. The quantitative estimate of drug-likeness (QED) is 0.717. The molecule has 0 spiro atoms. The first-order valence-electron chi connectivity index (χ1n) is 7.78. The average Bonchev–Trinajstić information content (AvgIpc) is 2.52. The zero-order valence-corrected chi connectivity index (χ0v) is 12.9. The summed E-state index contributed by atoms with van der Waals surface area (Å²) < 4.78 is 0. The highest BCUT2D eigenvalue weighted by molar-refractivity contribution is 5.79. The van der Waals surface area contributed by atoms with Crippen molar-refractivity contribution < 1.29 is 14.8 Å². The number of anilines is 1. The predicted octanol–water partition coefficient (Wildman–Crippen LogP) is 0.0118. The number of hydrogen-bond acceptors (Lipinski definition) is 3. The maximum Gasteiger partial charge on any atom is 0.278 e. The molecule has 1 aromatic carbocycles. The molecule has 0 aromatic heterocycles. The molecule has 1 fully saturated rings. The smallest absolute Gasteiger partial charge is 0.278 e. The van der Waals surface area contributed by atoms with Crippen molar-refractivity contribution >= 4 is 11.6 Å². The second kappa shape index (κ2) is 7.31. The van der Waals surface area contributed by atoms with E-state index in [9.17, 15) is 9.90 Å². The number of quaternary nitrogens is 1. The Morgan fingerprint density at radius 3 is 2.67 bits per heavy atom. The van der Waals surface area contributed by atoms with Crippen LogP contribution in [-0.4, -0.2) is 49.8 Å². The summed E-state index contributed by atoms with van der Waals surface area (Å²) in [6, 6.07) is 7.42. The third kappa shape index (κ3) is 3.88. The monoisotopic (exact) mass is 292 g/mol. The first kappa shape index (κ1) is 15.6. The molecule has 1 saturated heterocycles. The summed E-state index contributed by atoms with van der Waals surface area (Å²) in [7, 11) is 0. The minimum atomic E-state index is -0.0110. The second-order valence-corrected chi connectivity index (χ2v) is 5.65. The largest absolute Gasteiger partial charge is 0.506 e. The number of amides is 1. The van der Waals surface area contributed by atoms with Gasteiger partial charge in [-0.1, -0.05) is 19.1 Å². The number of carbonyl (C=O) groups excluding carboxylic acids is 1. The molecule has 5 heteroatoms. The highest BCUT2D eigenvalue weighted by atomic mass is 16.3. The summed E-state index contributed by atoms with van der Waals surface area (Å²) in [6.07, 6.45) is 0.967. The summed E-state index contributed by atoms with van der Waals surface area (Å²) in [5.74, 6) is 0.470. The van der Waals surface area contributed by atoms with E-state index in [0.29, 0.717) is 5.75 Å². The Labute approximate surface area is 126 Å². The number of nitrogens with one attached hydrogen (secondary N) is 2. The molecule has 0 aliphatic carbocycles. The number of aromatic hydroxyl groups is 1. The Bertz CT molecular complexity index is 470. The summed E-state index contributed by atoms with van der Waals surface area (Å²) in [5, 5.41) is 12.9. The zero-order valence-electron chi connectivity index (χ0n) is 12.9. The van der Waals surface area contributed by atoms with Gasteiger partial charge in [-0.2, -0.15) is 0 Å². The molecule has 116 valence electrons. The van der Waals surface area contributed by atoms with Crippen LogP contribution >= 0.6 is 0 Å². The summed E-state index contributed by atoms with van der Waals surface area (Å²) in [4.78, 5) is 15.5. The van der Waals surface area contributed by atoms with Crippen LogP contribution in [-0.2, 0) is 4.79 Å². The number of benzene rings is 1. The lowest BCUT2D eigenvalue weighted by atomic mass is 10.2. The minimum Gasteiger partial charge on any atom is -0.506 e. The standard InChI is InChI=1S/C16H25N3O2/c1-3-8-17-16(21)13(2)18-9-11-19(12-10-18)14-6-4-5-7-15(14)20/h4-7,13,20H,3,8-12H2,1-2H3,(H,17,21)/p+1/t13-/m0/s1. The molecule has 1 aromatic rings. The van der Waals surface area contributed by atoms with Crippen LogP contribution in [0.4, 0.5) is 5.69 Å². The third-order valence-electron chi connectivity index (χ3n) is 4.18. The summed E-state index contributed by atoms with van der Waals surface area (Å²) >= 11 is 0. The van der Waals surface area contributed by atoms with Crippen LogP contribution in [0.2, 0.25) is 0 Å². The van der Waals surface area contributed by atoms with Gasteiger partial charge in [-0.25, -0.2) is 0 Å². The van der Waals surface area contributed by atoms with E-state index in [4.69, 9.17) is 0 Å². The molecule has 1 atom stereocenters. The molecule has 3 N–H and O–H groups in total. The van der Waals surface area contributed by atoms with Crippen molar-refractivity contribution in [1.82, 2.24) is 5.32 Å². The molecule has 21 heavy (non-hydrogen) atoms. The van der Waals surface area contributed by atoms with Crippen molar-refractivity contribution in [1.29, 1.82) is 0 Å². The fraction of sp³-hybridized carbons (Fsp3) is 0.562. The lowest BCUT2D eigenvalue weighted by molar-refractivity contribution is -0.914. The highest BCUT2D eigenvalue weighted by Crippen LogP contribution is 2.25. The lowest BCUT2D eigenvalue weighted by Gasteiger charge is -2.36. The predicted molar refractivity (Wildman–Crippen MR) is 83.8 cm³/mol. The molecule has 5 nitrogen and oxygen atoms in total. The Morgan fingerprint density at radius 1 is 1.38 bits per heavy atom. The van der Waals surface area contributed by atoms with Crippen LogP contribution in [0.1, 0.15) is 20.3 Å². The number of hydrogen-bond donors (Lipinski definition) is 3. The van der Waals surface area contributed by atoms with E-state index in [1.165, 1.54) is 4.90 Å². The van der Waals surface area contributed by atoms with E-state index in [2.05, 4.69) is 17.1 Å². The van der Waals surface area contributed by atoms with Gasteiger partial charge >= 0.3 is 0 Å². The maximum absolute atomic E-state index is 12.0. The van der Waals surface area contributed by atoms with Gasteiger partial charge in [0.05, 0.1) is 31.9 Å². The summed E-state index contributed by atoms with van der Waals surface area (Å²) in [6.45, 7) is 8.35. The number of phenolic OH excluding ortho intramolecular Hbond substituents is 1. The molecule has 0 unspecified atom stereocenters. The average molecular weight is 292 g/mol. The molecule has 1 amide bonds. The summed E-state index contributed by atoms with van der Waals surface area (Å²) in [5.41, 5.74) is 0.889. The van der Waals surface area contributed by atoms with Crippen LogP contribution in [0.15, 0.2) is 24.3 Å². The molecule has 0 radical (unpaired) electrons. The van der Waals surface area contributed by atoms with Crippen LogP contribution < -0.4 is 15.1 Å². The van der Waals surface area contributed by atoms with Gasteiger partial charge < -0.3 is 20.2 Å². The molecule has 1 aliphatic rings. The van der Waals surface area contributed by atoms with Crippen molar-refractivity contribution in [2.45, 2.75) is 26.3 Å². The number of piperazine rings is 1. The highest BCUT2D eigenvalue weighted by Gasteiger charge is 2.29. The molecule has 0 bridgehead atoms. The molecule has 2 rings (SSSR count). The number of carbonyl (C=O) groups is 1. The second-order valence-electron chi connectivity index (χ2n) is 5.65. The third-order valence-corrected chi connectivity index (χ3v) is 4.18. The van der Waals surface area contributed by atoms with Crippen molar-refractivity contribution in [3.63, 3.8) is 0 Å². The first-order chi connectivity index (χ1) is 10.1.